The Balaban J connectivity index is 1.24. The van der Waals surface area contributed by atoms with Crippen LogP contribution in [0, 0.1) is 0 Å². The van der Waals surface area contributed by atoms with Crippen LogP contribution in [0.4, 0.5) is 34.1 Å². The van der Waals surface area contributed by atoms with Gasteiger partial charge in [-0.2, -0.15) is 0 Å². The zero-order valence-electron chi connectivity index (χ0n) is 55.0. The van der Waals surface area contributed by atoms with Crippen molar-refractivity contribution in [2.24, 2.45) is 0 Å². The van der Waals surface area contributed by atoms with E-state index in [1.807, 2.05) is 0 Å². The van der Waals surface area contributed by atoms with E-state index in [0.29, 0.717) is 5.02 Å². The molecular weight excluding hydrogens is 1070 g/mol. The lowest BCUT2D eigenvalue weighted by Crippen LogP contribution is -2.19. The van der Waals surface area contributed by atoms with Crippen molar-refractivity contribution in [3.8, 4) is 33.4 Å². The van der Waals surface area contributed by atoms with Crippen LogP contribution in [0.3, 0.4) is 0 Å². The summed E-state index contributed by atoms with van der Waals surface area (Å²) in [5, 5.41) is 8.12. The van der Waals surface area contributed by atoms with Crippen LogP contribution in [0.1, 0.15) is 158 Å². The van der Waals surface area contributed by atoms with Crippen LogP contribution in [0.25, 0.3) is 65.7 Å². The fraction of sp³-hybridized carbons (Fsp3) is 0.286. The normalized spacial score (nSPS) is 12.8. The predicted molar refractivity (Wildman–Crippen MR) is 382 cm³/mol. The smallest absolute Gasteiger partial charge is 0.0887 e. The van der Waals surface area contributed by atoms with E-state index in [-0.39, 0.29) is 32.5 Å². The molecule has 3 heteroatoms. The van der Waals surface area contributed by atoms with E-state index in [4.69, 9.17) is 11.6 Å². The van der Waals surface area contributed by atoms with Crippen LogP contribution in [0.5, 0.6) is 0 Å². The molecule has 0 N–H and O–H groups in total. The minimum absolute atomic E-state index is 0.0210. The summed E-state index contributed by atoms with van der Waals surface area (Å²) in [6, 6.07) is 80.5. The summed E-state index contributed by atoms with van der Waals surface area (Å²) >= 11 is 8.57. The molecule has 0 spiro atoms. The van der Waals surface area contributed by atoms with Crippen LogP contribution in [0.15, 0.2) is 212 Å². The summed E-state index contributed by atoms with van der Waals surface area (Å²) in [5.74, 6) is 0. The Kier molecular flexibility index (Phi) is 15.6. The highest BCUT2D eigenvalue weighted by atomic mass is 35.5. The molecule has 11 rings (SSSR count). The second kappa shape index (κ2) is 22.4. The van der Waals surface area contributed by atoms with E-state index < -0.39 is 0 Å². The largest absolute Gasteiger partial charge is 0.308 e. The Hall–Kier alpha value is -7.91. The van der Waals surface area contributed by atoms with Gasteiger partial charge < -0.3 is 9.80 Å². The molecule has 87 heavy (non-hydrogen) atoms. The molecule has 0 unspecified atom stereocenters. The topological polar surface area (TPSA) is 6.48 Å². The third-order valence-corrected chi connectivity index (χ3v) is 18.3. The predicted octanol–water partition coefficient (Wildman–Crippen LogP) is 25.5. The third kappa shape index (κ3) is 12.0. The minimum atomic E-state index is -0.176. The molecule has 0 aliphatic carbocycles. The molecule has 0 saturated heterocycles. The molecule has 0 aliphatic rings. The van der Waals surface area contributed by atoms with Gasteiger partial charge in [0.1, 0.15) is 0 Å². The summed E-state index contributed by atoms with van der Waals surface area (Å²) in [6.07, 6.45) is 0. The lowest BCUT2D eigenvalue weighted by Gasteiger charge is -2.35. The standard InChI is InChI=1S/C84H89ClN2/c1-79(2,3)57-35-30-54(31-36-57)71-52-62(84(16,17)18)53-72(55-32-37-58(38-33-55)80(4,5)6)78(71)87(64-46-41-60(42-47-64)82(10,11)12)76-29-23-28-75(77(76)85)86(63-44-39-59(40-45-63)81(7,8)9)74-49-43-61(83(13,14)15)51-70(74)56-34-48-69-67-26-20-19-24-65(67)66-25-21-22-27-68(66)73(69)50-56/h19-53H,1-18H3. The number of hydrogen-bond donors (Lipinski definition) is 0. The second-order valence-corrected chi connectivity index (χ2v) is 30.9. The van der Waals surface area contributed by atoms with Crippen molar-refractivity contribution >= 4 is 78.0 Å². The van der Waals surface area contributed by atoms with Crippen LogP contribution >= 0.6 is 11.6 Å². The molecule has 0 aromatic heterocycles. The van der Waals surface area contributed by atoms with Gasteiger partial charge in [-0.05, 0) is 182 Å². The average molecular weight is 1160 g/mol. The first-order chi connectivity index (χ1) is 40.9. The zero-order chi connectivity index (χ0) is 62.3. The number of nitrogens with zero attached hydrogens (tertiary/aromatic N) is 2. The highest BCUT2D eigenvalue weighted by molar-refractivity contribution is 6.37. The van der Waals surface area contributed by atoms with Gasteiger partial charge in [0.05, 0.1) is 27.8 Å². The fourth-order valence-corrected chi connectivity index (χ4v) is 12.7. The molecule has 11 aromatic carbocycles. The quantitative estimate of drug-likeness (QED) is 0.133. The van der Waals surface area contributed by atoms with E-state index in [0.717, 1.165) is 67.5 Å². The maximum atomic E-state index is 8.57. The third-order valence-electron chi connectivity index (χ3n) is 17.9. The van der Waals surface area contributed by atoms with Gasteiger partial charge in [-0.1, -0.05) is 282 Å². The monoisotopic (exact) mass is 1160 g/mol. The van der Waals surface area contributed by atoms with Gasteiger partial charge in [-0.3, -0.25) is 0 Å². The van der Waals surface area contributed by atoms with Crippen molar-refractivity contribution < 1.29 is 0 Å². The first-order valence-corrected chi connectivity index (χ1v) is 31.7. The highest BCUT2D eigenvalue weighted by Crippen LogP contribution is 2.54. The Morgan fingerprint density at radius 2 is 0.563 bits per heavy atom. The van der Waals surface area contributed by atoms with Crippen molar-refractivity contribution in [1.29, 1.82) is 0 Å². The summed E-state index contributed by atoms with van der Waals surface area (Å²) in [4.78, 5) is 4.89. The zero-order valence-corrected chi connectivity index (χ0v) is 55.7. The molecule has 0 bridgehead atoms. The van der Waals surface area contributed by atoms with Gasteiger partial charge in [0.2, 0.25) is 0 Å². The molecule has 2 nitrogen and oxygen atoms in total. The summed E-state index contributed by atoms with van der Waals surface area (Å²) < 4.78 is 0. The Bertz CT molecular complexity index is 4230. The van der Waals surface area contributed by atoms with Gasteiger partial charge >= 0.3 is 0 Å². The highest BCUT2D eigenvalue weighted by Gasteiger charge is 2.32. The minimum Gasteiger partial charge on any atom is -0.308 e. The molecule has 0 atom stereocenters. The van der Waals surface area contributed by atoms with Gasteiger partial charge in [0.25, 0.3) is 0 Å². The summed E-state index contributed by atoms with van der Waals surface area (Å²) in [6.45, 7) is 41.4. The van der Waals surface area contributed by atoms with Crippen LogP contribution in [-0.4, -0.2) is 0 Å². The van der Waals surface area contributed by atoms with Crippen molar-refractivity contribution in [2.75, 3.05) is 9.80 Å². The molecule has 0 radical (unpaired) electrons. The Labute approximate surface area is 525 Å². The average Bonchev–Trinajstić information content (AvgIpc) is 0.805. The van der Waals surface area contributed by atoms with Crippen LogP contribution in [0.2, 0.25) is 5.02 Å². The molecule has 0 saturated carbocycles. The van der Waals surface area contributed by atoms with Gasteiger partial charge in [0.15, 0.2) is 0 Å². The lowest BCUT2D eigenvalue weighted by atomic mass is 9.80. The number of benzene rings is 11. The maximum Gasteiger partial charge on any atom is 0.0887 e. The van der Waals surface area contributed by atoms with E-state index in [1.54, 1.807) is 0 Å². The van der Waals surface area contributed by atoms with E-state index in [1.165, 1.54) is 65.7 Å². The molecule has 0 fully saturated rings. The fourth-order valence-electron chi connectivity index (χ4n) is 12.4. The molecule has 0 heterocycles. The number of fused-ring (bicyclic) bond motifs is 6. The van der Waals surface area contributed by atoms with Crippen molar-refractivity contribution in [3.05, 3.63) is 251 Å². The number of anilines is 6. The molecular formula is C84H89ClN2. The van der Waals surface area contributed by atoms with Gasteiger partial charge in [-0.25, -0.2) is 0 Å². The van der Waals surface area contributed by atoms with E-state index in [2.05, 4.69) is 347 Å². The summed E-state index contributed by atoms with van der Waals surface area (Å²) in [7, 11) is 0. The SMILES string of the molecule is CC(C)(C)c1ccc(-c2cc(C(C)(C)C)cc(-c3ccc(C(C)(C)C)cc3)c2N(c2ccc(C(C)(C)C)cc2)c2cccc(N(c3ccc(C(C)(C)C)cc3)c3ccc(C(C)(C)C)cc3-c3ccc4c5ccccc5c5ccccc5c4c3)c2Cl)cc1. The number of hydrogen-bond acceptors (Lipinski definition) is 2. The molecule has 0 amide bonds. The first kappa shape index (κ1) is 60.8. The van der Waals surface area contributed by atoms with Crippen molar-refractivity contribution in [3.63, 3.8) is 0 Å². The van der Waals surface area contributed by atoms with Crippen molar-refractivity contribution in [2.45, 2.75) is 157 Å². The lowest BCUT2D eigenvalue weighted by molar-refractivity contribution is 0.590. The summed E-state index contributed by atoms with van der Waals surface area (Å²) in [5.41, 5.74) is 19.8. The first-order valence-electron chi connectivity index (χ1n) is 31.3. The number of halogens is 1. The van der Waals surface area contributed by atoms with Gasteiger partial charge in [-0.15, -0.1) is 0 Å². The Morgan fingerprint density at radius 3 is 0.966 bits per heavy atom. The van der Waals surface area contributed by atoms with Crippen molar-refractivity contribution in [1.82, 2.24) is 0 Å². The number of rotatable bonds is 9. The van der Waals surface area contributed by atoms with Crippen LogP contribution in [-0.2, 0) is 32.5 Å². The van der Waals surface area contributed by atoms with E-state index in [9.17, 15) is 0 Å². The molecule has 442 valence electrons. The maximum absolute atomic E-state index is 8.57. The van der Waals surface area contributed by atoms with Gasteiger partial charge in [0, 0.05) is 28.1 Å². The van der Waals surface area contributed by atoms with E-state index >= 15 is 0 Å². The van der Waals surface area contributed by atoms with Crippen LogP contribution < -0.4 is 9.80 Å². The second-order valence-electron chi connectivity index (χ2n) is 30.5. The molecule has 11 aromatic rings. The molecule has 0 aliphatic heterocycles. The Morgan fingerprint density at radius 1 is 0.241 bits per heavy atom.